The third kappa shape index (κ3) is 5.69. The number of benzene rings is 4. The maximum Gasteiger partial charge on any atom is 0.297 e. The molecule has 12 heteroatoms. The average molecular weight is 525 g/mol. The molecule has 0 saturated heterocycles. The van der Waals surface area contributed by atoms with Gasteiger partial charge in [0.2, 0.25) is 0 Å². The third-order valence-electron chi connectivity index (χ3n) is 5.24. The van der Waals surface area contributed by atoms with Gasteiger partial charge in [0.05, 0.1) is 22.0 Å². The van der Waals surface area contributed by atoms with Crippen LogP contribution >= 0.6 is 0 Å². The summed E-state index contributed by atoms with van der Waals surface area (Å²) >= 11 is 0. The predicted molar refractivity (Wildman–Crippen MR) is 134 cm³/mol. The van der Waals surface area contributed by atoms with Gasteiger partial charge in [-0.2, -0.15) is 32.2 Å². The molecule has 0 aliphatic carbocycles. The Kier molecular flexibility index (Phi) is 6.78. The van der Waals surface area contributed by atoms with Gasteiger partial charge in [0.25, 0.3) is 20.2 Å². The molecular formula is C24H20N4O6S2. The zero-order valence-electron chi connectivity index (χ0n) is 19.1. The van der Waals surface area contributed by atoms with Crippen molar-refractivity contribution in [1.82, 2.24) is 0 Å². The van der Waals surface area contributed by atoms with Crippen molar-refractivity contribution in [2.45, 2.75) is 23.6 Å². The van der Waals surface area contributed by atoms with Crippen molar-refractivity contribution in [3.8, 4) is 0 Å². The van der Waals surface area contributed by atoms with Gasteiger partial charge in [-0.1, -0.05) is 23.8 Å². The Balaban J connectivity index is 1.68. The number of aryl methyl sites for hydroxylation is 2. The molecule has 0 fully saturated rings. The lowest BCUT2D eigenvalue weighted by molar-refractivity contribution is 0.482. The average Bonchev–Trinajstić information content (AvgIpc) is 2.81. The SMILES string of the molecule is Cc1ccc(N=Nc2ccc(N=Nc3cc(C)c4cc(S(=O)(=O)O)ccc4c3S(=O)(=O)O)cc2)cc1. The van der Waals surface area contributed by atoms with Gasteiger partial charge in [-0.3, -0.25) is 9.11 Å². The summed E-state index contributed by atoms with van der Waals surface area (Å²) in [5.41, 5.74) is 3.12. The molecule has 0 radical (unpaired) electrons. The van der Waals surface area contributed by atoms with Crippen molar-refractivity contribution in [2.75, 3.05) is 0 Å². The lowest BCUT2D eigenvalue weighted by Crippen LogP contribution is -2.02. The third-order valence-corrected chi connectivity index (χ3v) is 7.03. The molecule has 184 valence electrons. The normalized spacial score (nSPS) is 12.7. The molecule has 0 amide bonds. The molecule has 0 unspecified atom stereocenters. The number of hydrogen-bond acceptors (Lipinski definition) is 8. The maximum atomic E-state index is 12.2. The van der Waals surface area contributed by atoms with Crippen LogP contribution < -0.4 is 0 Å². The highest BCUT2D eigenvalue weighted by Gasteiger charge is 2.22. The zero-order chi connectivity index (χ0) is 26.1. The quantitative estimate of drug-likeness (QED) is 0.209. The van der Waals surface area contributed by atoms with Gasteiger partial charge in [0, 0.05) is 5.39 Å². The summed E-state index contributed by atoms with van der Waals surface area (Å²) in [5.74, 6) is 0. The van der Waals surface area contributed by atoms with Crippen molar-refractivity contribution in [3.05, 3.63) is 83.9 Å². The van der Waals surface area contributed by atoms with E-state index in [-0.39, 0.29) is 16.5 Å². The van der Waals surface area contributed by atoms with Crippen LogP contribution in [-0.4, -0.2) is 25.9 Å². The van der Waals surface area contributed by atoms with Crippen LogP contribution in [0.2, 0.25) is 0 Å². The summed E-state index contributed by atoms with van der Waals surface area (Å²) in [6.07, 6.45) is 0. The van der Waals surface area contributed by atoms with E-state index in [2.05, 4.69) is 20.5 Å². The van der Waals surface area contributed by atoms with Gasteiger partial charge >= 0.3 is 0 Å². The van der Waals surface area contributed by atoms with E-state index in [4.69, 9.17) is 0 Å². The Morgan fingerprint density at radius 1 is 0.583 bits per heavy atom. The molecule has 36 heavy (non-hydrogen) atoms. The van der Waals surface area contributed by atoms with Gasteiger partial charge in [0.15, 0.2) is 0 Å². The molecule has 0 atom stereocenters. The Morgan fingerprint density at radius 2 is 1.08 bits per heavy atom. The number of azo groups is 2. The van der Waals surface area contributed by atoms with Crippen molar-refractivity contribution in [2.24, 2.45) is 20.5 Å². The van der Waals surface area contributed by atoms with E-state index < -0.39 is 30.0 Å². The molecule has 0 heterocycles. The topological polar surface area (TPSA) is 158 Å². The minimum absolute atomic E-state index is 0.0331. The second kappa shape index (κ2) is 9.66. The molecule has 10 nitrogen and oxygen atoms in total. The summed E-state index contributed by atoms with van der Waals surface area (Å²) in [7, 11) is -9.28. The maximum absolute atomic E-state index is 12.2. The Morgan fingerprint density at radius 3 is 1.58 bits per heavy atom. The summed E-state index contributed by atoms with van der Waals surface area (Å²) in [5, 5.41) is 16.7. The molecule has 0 bridgehead atoms. The number of hydrogen-bond donors (Lipinski definition) is 2. The molecule has 4 aromatic rings. The van der Waals surface area contributed by atoms with Crippen LogP contribution in [0.25, 0.3) is 10.8 Å². The monoisotopic (exact) mass is 524 g/mol. The van der Waals surface area contributed by atoms with Crippen LogP contribution in [0.3, 0.4) is 0 Å². The Bertz CT molecular complexity index is 1730. The molecule has 4 rings (SSSR count). The van der Waals surface area contributed by atoms with Crippen LogP contribution in [0, 0.1) is 13.8 Å². The lowest BCUT2D eigenvalue weighted by Gasteiger charge is -2.11. The Labute approximate surface area is 207 Å². The molecule has 0 aliphatic heterocycles. The first-order chi connectivity index (χ1) is 16.9. The van der Waals surface area contributed by atoms with E-state index in [0.29, 0.717) is 22.6 Å². The first kappa shape index (κ1) is 25.3. The number of nitrogens with zero attached hydrogens (tertiary/aromatic N) is 4. The van der Waals surface area contributed by atoms with Crippen LogP contribution in [0.5, 0.6) is 0 Å². The summed E-state index contributed by atoms with van der Waals surface area (Å²) < 4.78 is 66.5. The van der Waals surface area contributed by atoms with E-state index in [1.54, 1.807) is 31.2 Å². The van der Waals surface area contributed by atoms with Gasteiger partial charge < -0.3 is 0 Å². The van der Waals surface area contributed by atoms with Gasteiger partial charge in [-0.15, -0.1) is 5.11 Å². The highest BCUT2D eigenvalue weighted by molar-refractivity contribution is 7.86. The van der Waals surface area contributed by atoms with E-state index in [0.717, 1.165) is 17.7 Å². The van der Waals surface area contributed by atoms with Crippen molar-refractivity contribution < 1.29 is 25.9 Å². The summed E-state index contributed by atoms with van der Waals surface area (Å²) in [6, 6.07) is 18.8. The highest BCUT2D eigenvalue weighted by atomic mass is 32.2. The van der Waals surface area contributed by atoms with Crippen LogP contribution in [0.15, 0.2) is 103 Å². The van der Waals surface area contributed by atoms with E-state index in [9.17, 15) is 25.9 Å². The molecule has 0 spiro atoms. The molecule has 0 aromatic heterocycles. The second-order valence-electron chi connectivity index (χ2n) is 7.95. The lowest BCUT2D eigenvalue weighted by atomic mass is 10.0. The predicted octanol–water partition coefficient (Wildman–Crippen LogP) is 6.78. The van der Waals surface area contributed by atoms with Crippen molar-refractivity contribution in [1.29, 1.82) is 0 Å². The zero-order valence-corrected chi connectivity index (χ0v) is 20.7. The van der Waals surface area contributed by atoms with E-state index in [1.807, 2.05) is 31.2 Å². The van der Waals surface area contributed by atoms with Gasteiger partial charge in [0.1, 0.15) is 10.6 Å². The minimum Gasteiger partial charge on any atom is -0.282 e. The summed E-state index contributed by atoms with van der Waals surface area (Å²) in [4.78, 5) is -0.939. The Hall–Kier alpha value is -3.84. The number of fused-ring (bicyclic) bond motifs is 1. The van der Waals surface area contributed by atoms with Crippen molar-refractivity contribution >= 4 is 53.8 Å². The molecule has 0 saturated carbocycles. The molecular weight excluding hydrogens is 504 g/mol. The molecule has 2 N–H and O–H groups in total. The molecule has 4 aromatic carbocycles. The molecule has 0 aliphatic rings. The van der Waals surface area contributed by atoms with Crippen molar-refractivity contribution in [3.63, 3.8) is 0 Å². The fraction of sp³-hybridized carbons (Fsp3) is 0.0833. The minimum atomic E-state index is -4.77. The number of rotatable bonds is 6. The van der Waals surface area contributed by atoms with Gasteiger partial charge in [-0.25, -0.2) is 0 Å². The van der Waals surface area contributed by atoms with Crippen LogP contribution in [0.1, 0.15) is 11.1 Å². The standard InChI is InChI=1S/C24H20N4O6S2/c1-15-3-5-17(6-4-15)25-26-18-7-9-19(10-8-18)27-28-23-13-16(2)22-14-20(35(29,30)31)11-12-21(22)24(23)36(32,33)34/h3-14H,1-2H3,(H,29,30,31)(H,32,33,34). The van der Waals surface area contributed by atoms with E-state index >= 15 is 0 Å². The largest absolute Gasteiger partial charge is 0.297 e. The highest BCUT2D eigenvalue weighted by Crippen LogP contribution is 2.37. The smallest absolute Gasteiger partial charge is 0.282 e. The first-order valence-electron chi connectivity index (χ1n) is 10.4. The van der Waals surface area contributed by atoms with E-state index in [1.165, 1.54) is 12.1 Å². The summed E-state index contributed by atoms with van der Waals surface area (Å²) in [6.45, 7) is 3.59. The second-order valence-corrected chi connectivity index (χ2v) is 10.7. The fourth-order valence-electron chi connectivity index (χ4n) is 3.46. The van der Waals surface area contributed by atoms with Gasteiger partial charge in [-0.05, 0) is 79.4 Å². The first-order valence-corrected chi connectivity index (χ1v) is 13.3. The van der Waals surface area contributed by atoms with Crippen LogP contribution in [0.4, 0.5) is 22.7 Å². The fourth-order valence-corrected chi connectivity index (χ4v) is 4.79. The van der Waals surface area contributed by atoms with Crippen LogP contribution in [-0.2, 0) is 20.2 Å².